The first-order valence-corrected chi connectivity index (χ1v) is 15.2. The van der Waals surface area contributed by atoms with Gasteiger partial charge in [0.05, 0.1) is 21.8 Å². The van der Waals surface area contributed by atoms with Crippen molar-refractivity contribution >= 4 is 57.4 Å². The van der Waals surface area contributed by atoms with Gasteiger partial charge in [-0.25, -0.2) is 9.67 Å². The molecule has 2 saturated heterocycles. The van der Waals surface area contributed by atoms with Crippen molar-refractivity contribution in [2.24, 2.45) is 18.9 Å². The molecule has 5 heterocycles. The van der Waals surface area contributed by atoms with Crippen LogP contribution in [0.2, 0.25) is 0 Å². The van der Waals surface area contributed by atoms with Gasteiger partial charge < -0.3 is 4.90 Å². The molecule has 4 aromatic rings. The summed E-state index contributed by atoms with van der Waals surface area (Å²) in [5.41, 5.74) is 2.70. The molecule has 1 aromatic carbocycles. The Labute approximate surface area is 253 Å². The third-order valence-corrected chi connectivity index (χ3v) is 9.27. The molecule has 3 aromatic heterocycles. The lowest BCUT2D eigenvalue weighted by molar-refractivity contribution is -0.113. The Morgan fingerprint density at radius 3 is 2.36 bits per heavy atom. The number of aryl methyl sites for hydroxylation is 1. The van der Waals surface area contributed by atoms with Crippen molar-refractivity contribution in [2.45, 2.75) is 34.1 Å². The van der Waals surface area contributed by atoms with E-state index in [9.17, 15) is 14.4 Å². The molecule has 216 valence electrons. The van der Waals surface area contributed by atoms with Crippen molar-refractivity contribution in [2.75, 3.05) is 22.9 Å². The summed E-state index contributed by atoms with van der Waals surface area (Å²) in [6.07, 6.45) is 4.47. The number of thioether (sulfide) groups is 1. The Kier molecular flexibility index (Phi) is 7.18. The molecular formula is C31H32N6O3S2. The van der Waals surface area contributed by atoms with Gasteiger partial charge in [0, 0.05) is 26.3 Å². The minimum absolute atomic E-state index is 0.204. The number of rotatable bonds is 4. The van der Waals surface area contributed by atoms with Crippen LogP contribution in [0.4, 0.5) is 11.5 Å². The molecule has 0 bridgehead atoms. The first-order chi connectivity index (χ1) is 20.0. The molecule has 11 heteroatoms. The number of carbonyl (C=O) groups is 1. The lowest BCUT2D eigenvalue weighted by Crippen LogP contribution is -2.40. The minimum Gasteiger partial charge on any atom is -0.355 e. The molecule has 9 nitrogen and oxygen atoms in total. The fourth-order valence-corrected chi connectivity index (χ4v) is 7.31. The molecular weight excluding hydrogens is 569 g/mol. The number of amides is 1. The normalized spacial score (nSPS) is 20.4. The fourth-order valence-electron chi connectivity index (χ4n) is 6.05. The number of nitrogens with zero attached hydrogens (tertiary/aromatic N) is 6. The summed E-state index contributed by atoms with van der Waals surface area (Å²) < 4.78 is 5.01. The summed E-state index contributed by atoms with van der Waals surface area (Å²) in [5, 5.41) is 0. The van der Waals surface area contributed by atoms with Gasteiger partial charge in [0.1, 0.15) is 17.2 Å². The Hall–Kier alpha value is -3.96. The van der Waals surface area contributed by atoms with E-state index >= 15 is 0 Å². The maximum Gasteiger partial charge on any atom is 0.296 e. The highest BCUT2D eigenvalue weighted by Gasteiger charge is 2.38. The summed E-state index contributed by atoms with van der Waals surface area (Å²) in [7, 11) is 1.78. The largest absolute Gasteiger partial charge is 0.355 e. The molecule has 0 radical (unpaired) electrons. The number of thiocarbonyl (C=S) groups is 1. The predicted octanol–water partition coefficient (Wildman–Crippen LogP) is 4.69. The van der Waals surface area contributed by atoms with E-state index < -0.39 is 5.91 Å². The third-order valence-electron chi connectivity index (χ3n) is 7.97. The number of pyridine rings is 1. The SMILES string of the molecule is Cc1ccc2nc(N3CC(C)CC(C)C3)c(C=C3SC(=S)N(c4c(C)n(C)n(-c5ccccc5)c4=O)C3=O)c(=O)n2c1. The Balaban J connectivity index is 1.48. The highest BCUT2D eigenvalue weighted by atomic mass is 32.2. The van der Waals surface area contributed by atoms with E-state index in [2.05, 4.69) is 18.7 Å². The second-order valence-corrected chi connectivity index (χ2v) is 13.0. The Morgan fingerprint density at radius 2 is 1.67 bits per heavy atom. The number of carbonyl (C=O) groups excluding carboxylic acids is 1. The van der Waals surface area contributed by atoms with Gasteiger partial charge in [-0.05, 0) is 61.9 Å². The van der Waals surface area contributed by atoms with Crippen LogP contribution in [-0.2, 0) is 11.8 Å². The quantitative estimate of drug-likeness (QED) is 0.248. The predicted molar refractivity (Wildman–Crippen MR) is 173 cm³/mol. The molecule has 0 aliphatic carbocycles. The van der Waals surface area contributed by atoms with Crippen molar-refractivity contribution in [1.82, 2.24) is 18.7 Å². The number of hydrogen-bond donors (Lipinski definition) is 0. The van der Waals surface area contributed by atoms with E-state index in [-0.39, 0.29) is 26.0 Å². The summed E-state index contributed by atoms with van der Waals surface area (Å²) in [5.74, 6) is 1.00. The number of aromatic nitrogens is 4. The molecule has 0 saturated carbocycles. The van der Waals surface area contributed by atoms with Crippen LogP contribution in [0.15, 0.2) is 63.2 Å². The summed E-state index contributed by atoms with van der Waals surface area (Å²) >= 11 is 6.75. The molecule has 2 atom stereocenters. The van der Waals surface area contributed by atoms with Gasteiger partial charge >= 0.3 is 0 Å². The van der Waals surface area contributed by atoms with Crippen LogP contribution in [0.5, 0.6) is 0 Å². The van der Waals surface area contributed by atoms with Crippen LogP contribution in [0, 0.1) is 25.7 Å². The lowest BCUT2D eigenvalue weighted by Gasteiger charge is -2.36. The number of piperidine rings is 1. The molecule has 0 spiro atoms. The number of anilines is 2. The maximum atomic E-state index is 14.0. The maximum absolute atomic E-state index is 14.0. The van der Waals surface area contributed by atoms with Gasteiger partial charge in [0.25, 0.3) is 17.0 Å². The minimum atomic E-state index is -0.434. The number of hydrogen-bond acceptors (Lipinski definition) is 7. The Bertz CT molecular complexity index is 1900. The topological polar surface area (TPSA) is 84.8 Å². The average Bonchev–Trinajstić information content (AvgIpc) is 3.34. The average molecular weight is 601 g/mol. The molecule has 42 heavy (non-hydrogen) atoms. The van der Waals surface area contributed by atoms with E-state index in [1.807, 2.05) is 49.4 Å². The Morgan fingerprint density at radius 1 is 0.976 bits per heavy atom. The molecule has 2 aliphatic rings. The molecule has 2 fully saturated rings. The van der Waals surface area contributed by atoms with Crippen molar-refractivity contribution in [3.63, 3.8) is 0 Å². The van der Waals surface area contributed by atoms with Crippen LogP contribution < -0.4 is 20.9 Å². The first kappa shape index (κ1) is 28.2. The number of para-hydroxylation sites is 1. The zero-order valence-corrected chi connectivity index (χ0v) is 25.8. The highest BCUT2D eigenvalue weighted by Crippen LogP contribution is 2.37. The van der Waals surface area contributed by atoms with E-state index in [4.69, 9.17) is 17.2 Å². The first-order valence-electron chi connectivity index (χ1n) is 13.9. The van der Waals surface area contributed by atoms with Crippen LogP contribution >= 0.6 is 24.0 Å². The zero-order chi connectivity index (χ0) is 29.9. The molecule has 0 N–H and O–H groups in total. The third kappa shape index (κ3) is 4.70. The van der Waals surface area contributed by atoms with Crippen LogP contribution in [0.25, 0.3) is 17.4 Å². The summed E-state index contributed by atoms with van der Waals surface area (Å²) in [6, 6.07) is 13.0. The summed E-state index contributed by atoms with van der Waals surface area (Å²) in [4.78, 5) is 50.3. The fraction of sp³-hybridized carbons (Fsp3) is 0.323. The van der Waals surface area contributed by atoms with Gasteiger partial charge in [0.15, 0.2) is 4.32 Å². The van der Waals surface area contributed by atoms with Gasteiger partial charge in [-0.15, -0.1) is 0 Å². The van der Waals surface area contributed by atoms with Crippen LogP contribution in [0.1, 0.15) is 37.1 Å². The zero-order valence-electron chi connectivity index (χ0n) is 24.2. The van der Waals surface area contributed by atoms with Gasteiger partial charge in [-0.3, -0.25) is 28.4 Å². The van der Waals surface area contributed by atoms with Crippen molar-refractivity contribution in [3.05, 3.63) is 91.1 Å². The van der Waals surface area contributed by atoms with E-state index in [1.54, 1.807) is 30.9 Å². The van der Waals surface area contributed by atoms with Gasteiger partial charge in [0.2, 0.25) is 0 Å². The van der Waals surface area contributed by atoms with Gasteiger partial charge in [-0.2, -0.15) is 0 Å². The number of fused-ring (bicyclic) bond motifs is 1. The van der Waals surface area contributed by atoms with Crippen molar-refractivity contribution in [3.8, 4) is 5.69 Å². The molecule has 1 amide bonds. The second kappa shape index (κ2) is 10.7. The molecule has 6 rings (SSSR count). The monoisotopic (exact) mass is 600 g/mol. The van der Waals surface area contributed by atoms with E-state index in [1.165, 1.54) is 14.0 Å². The standard InChI is InChI=1S/C31H32N6O3S2/c1-18-11-12-25-32-27(34-15-19(2)13-20(3)16-34)23(28(38)35(25)17-18)14-24-29(39)36(31(41)42-24)26-21(4)33(5)37(30(26)40)22-9-7-6-8-10-22/h6-12,14,17,19-20H,13,15-16H2,1-5H3. The highest BCUT2D eigenvalue weighted by molar-refractivity contribution is 8.27. The van der Waals surface area contributed by atoms with Crippen molar-refractivity contribution < 1.29 is 4.79 Å². The smallest absolute Gasteiger partial charge is 0.296 e. The molecule has 2 aliphatic heterocycles. The van der Waals surface area contributed by atoms with Crippen LogP contribution in [-0.4, -0.2) is 42.1 Å². The second-order valence-electron chi connectivity index (χ2n) is 11.4. The summed E-state index contributed by atoms with van der Waals surface area (Å²) in [6.45, 7) is 9.65. The van der Waals surface area contributed by atoms with Crippen molar-refractivity contribution in [1.29, 1.82) is 0 Å². The number of benzene rings is 1. The van der Waals surface area contributed by atoms with E-state index in [0.717, 1.165) is 36.8 Å². The molecule has 2 unspecified atom stereocenters. The van der Waals surface area contributed by atoms with Gasteiger partial charge in [-0.1, -0.05) is 62.1 Å². The lowest BCUT2D eigenvalue weighted by atomic mass is 9.91. The van der Waals surface area contributed by atoms with Crippen LogP contribution in [0.3, 0.4) is 0 Å². The van der Waals surface area contributed by atoms with E-state index in [0.29, 0.717) is 40.2 Å².